The summed E-state index contributed by atoms with van der Waals surface area (Å²) in [6.45, 7) is 0.944. The number of furan rings is 1. The highest BCUT2D eigenvalue weighted by Crippen LogP contribution is 2.28. The molecule has 1 amide bonds. The molecule has 0 bridgehead atoms. The molecule has 0 saturated carbocycles. The number of hydrogen-bond acceptors (Lipinski definition) is 4. The summed E-state index contributed by atoms with van der Waals surface area (Å²) in [5.74, 6) is 0.446. The third-order valence-corrected chi connectivity index (χ3v) is 2.61. The summed E-state index contributed by atoms with van der Waals surface area (Å²) < 4.78 is 15.4. The number of amides is 1. The van der Waals surface area contributed by atoms with Gasteiger partial charge in [-0.05, 0) is 18.2 Å². The van der Waals surface area contributed by atoms with Crippen LogP contribution in [0, 0.1) is 0 Å². The average Bonchev–Trinajstić information content (AvgIpc) is 2.85. The van der Waals surface area contributed by atoms with E-state index in [-0.39, 0.29) is 5.91 Å². The van der Waals surface area contributed by atoms with E-state index in [1.807, 2.05) is 0 Å². The fourth-order valence-electron chi connectivity index (χ4n) is 1.71. The Morgan fingerprint density at radius 2 is 2.22 bits per heavy atom. The van der Waals surface area contributed by atoms with Gasteiger partial charge >= 0.3 is 0 Å². The number of ether oxygens (including phenoxy) is 2. The van der Waals surface area contributed by atoms with Crippen LogP contribution in [0.2, 0.25) is 0 Å². The molecule has 2 aromatic rings. The number of carbonyl (C=O) groups is 1. The first-order valence-corrected chi connectivity index (χ1v) is 5.58. The molecule has 1 aromatic carbocycles. The van der Waals surface area contributed by atoms with Gasteiger partial charge in [0.2, 0.25) is 0 Å². The number of carbonyl (C=O) groups excluding carboxylic acids is 1. The SMILES string of the molecule is COCCNC(=O)c1cc(OC)c2ccoc2c1. The van der Waals surface area contributed by atoms with Gasteiger partial charge in [-0.2, -0.15) is 0 Å². The van der Waals surface area contributed by atoms with Crippen LogP contribution < -0.4 is 10.1 Å². The number of methoxy groups -OCH3 is 2. The van der Waals surface area contributed by atoms with Crippen molar-refractivity contribution in [3.8, 4) is 5.75 Å². The molecule has 0 spiro atoms. The lowest BCUT2D eigenvalue weighted by molar-refractivity contribution is 0.0937. The molecule has 0 aliphatic carbocycles. The van der Waals surface area contributed by atoms with Crippen molar-refractivity contribution in [3.63, 3.8) is 0 Å². The standard InChI is InChI=1S/C13H15NO4/c1-16-6-4-14-13(15)9-7-11(17-2)10-3-5-18-12(10)8-9/h3,5,7-8H,4,6H2,1-2H3,(H,14,15). The highest BCUT2D eigenvalue weighted by molar-refractivity contribution is 5.99. The lowest BCUT2D eigenvalue weighted by atomic mass is 10.1. The predicted molar refractivity (Wildman–Crippen MR) is 67.0 cm³/mol. The molecule has 2 rings (SSSR count). The second-order valence-corrected chi connectivity index (χ2v) is 3.76. The fourth-order valence-corrected chi connectivity index (χ4v) is 1.71. The summed E-state index contributed by atoms with van der Waals surface area (Å²) in [4.78, 5) is 11.9. The van der Waals surface area contributed by atoms with Crippen molar-refractivity contribution < 1.29 is 18.7 Å². The summed E-state index contributed by atoms with van der Waals surface area (Å²) in [5, 5.41) is 3.60. The Hall–Kier alpha value is -2.01. The normalized spacial score (nSPS) is 10.6. The molecule has 1 N–H and O–H groups in total. The number of benzene rings is 1. The Kier molecular flexibility index (Phi) is 3.84. The first kappa shape index (κ1) is 12.4. The number of rotatable bonds is 5. The third kappa shape index (κ3) is 2.46. The Bertz CT molecular complexity index is 547. The maximum absolute atomic E-state index is 11.9. The van der Waals surface area contributed by atoms with E-state index in [0.29, 0.717) is 30.0 Å². The fraction of sp³-hybridized carbons (Fsp3) is 0.308. The zero-order valence-corrected chi connectivity index (χ0v) is 10.4. The van der Waals surface area contributed by atoms with Gasteiger partial charge in [0.1, 0.15) is 11.3 Å². The summed E-state index contributed by atoms with van der Waals surface area (Å²) in [5.41, 5.74) is 1.14. The van der Waals surface area contributed by atoms with Crippen molar-refractivity contribution >= 4 is 16.9 Å². The molecule has 0 atom stereocenters. The largest absolute Gasteiger partial charge is 0.496 e. The van der Waals surface area contributed by atoms with Crippen LogP contribution >= 0.6 is 0 Å². The van der Waals surface area contributed by atoms with Gasteiger partial charge < -0.3 is 19.2 Å². The van der Waals surface area contributed by atoms with Crippen molar-refractivity contribution in [1.29, 1.82) is 0 Å². The molecule has 0 unspecified atom stereocenters. The summed E-state index contributed by atoms with van der Waals surface area (Å²) in [7, 11) is 3.15. The molecule has 1 aromatic heterocycles. The van der Waals surface area contributed by atoms with Gasteiger partial charge in [-0.1, -0.05) is 0 Å². The Labute approximate surface area is 105 Å². The number of hydrogen-bond donors (Lipinski definition) is 1. The Morgan fingerprint density at radius 3 is 2.94 bits per heavy atom. The van der Waals surface area contributed by atoms with E-state index >= 15 is 0 Å². The first-order valence-electron chi connectivity index (χ1n) is 5.58. The van der Waals surface area contributed by atoms with E-state index in [4.69, 9.17) is 13.9 Å². The van der Waals surface area contributed by atoms with Crippen molar-refractivity contribution in [2.24, 2.45) is 0 Å². The van der Waals surface area contributed by atoms with Crippen LogP contribution in [0.25, 0.3) is 11.0 Å². The van der Waals surface area contributed by atoms with Gasteiger partial charge in [-0.25, -0.2) is 0 Å². The number of fused-ring (bicyclic) bond motifs is 1. The molecular weight excluding hydrogens is 234 g/mol. The molecule has 5 nitrogen and oxygen atoms in total. The lowest BCUT2D eigenvalue weighted by Crippen LogP contribution is -2.26. The lowest BCUT2D eigenvalue weighted by Gasteiger charge is -2.07. The summed E-state index contributed by atoms with van der Waals surface area (Å²) >= 11 is 0. The van der Waals surface area contributed by atoms with E-state index in [2.05, 4.69) is 5.32 Å². The molecule has 5 heteroatoms. The van der Waals surface area contributed by atoms with Gasteiger partial charge in [0.25, 0.3) is 5.91 Å². The average molecular weight is 249 g/mol. The first-order chi connectivity index (χ1) is 8.76. The van der Waals surface area contributed by atoms with E-state index in [1.165, 1.54) is 0 Å². The molecule has 18 heavy (non-hydrogen) atoms. The number of nitrogens with one attached hydrogen (secondary N) is 1. The maximum Gasteiger partial charge on any atom is 0.251 e. The topological polar surface area (TPSA) is 60.7 Å². The van der Waals surface area contributed by atoms with Crippen molar-refractivity contribution in [2.75, 3.05) is 27.4 Å². The van der Waals surface area contributed by atoms with Crippen molar-refractivity contribution in [1.82, 2.24) is 5.32 Å². The van der Waals surface area contributed by atoms with Gasteiger partial charge in [0.15, 0.2) is 0 Å². The molecule has 0 aliphatic rings. The van der Waals surface area contributed by atoms with Crippen LogP contribution in [0.5, 0.6) is 5.75 Å². The molecule has 1 heterocycles. The molecule has 0 radical (unpaired) electrons. The molecule has 0 fully saturated rings. The van der Waals surface area contributed by atoms with Crippen LogP contribution in [0.4, 0.5) is 0 Å². The van der Waals surface area contributed by atoms with Crippen LogP contribution in [0.3, 0.4) is 0 Å². The molecular formula is C13H15NO4. The zero-order chi connectivity index (χ0) is 13.0. The molecule has 0 saturated heterocycles. The van der Waals surface area contributed by atoms with Gasteiger partial charge in [-0.3, -0.25) is 4.79 Å². The van der Waals surface area contributed by atoms with Gasteiger partial charge in [0, 0.05) is 19.2 Å². The zero-order valence-electron chi connectivity index (χ0n) is 10.4. The second-order valence-electron chi connectivity index (χ2n) is 3.76. The second kappa shape index (κ2) is 5.55. The van der Waals surface area contributed by atoms with Crippen molar-refractivity contribution in [2.45, 2.75) is 0 Å². The van der Waals surface area contributed by atoms with Crippen LogP contribution in [-0.2, 0) is 4.74 Å². The minimum atomic E-state index is -0.177. The summed E-state index contributed by atoms with van der Waals surface area (Å²) in [6, 6.07) is 5.20. The van der Waals surface area contributed by atoms with Crippen LogP contribution in [0.1, 0.15) is 10.4 Å². The van der Waals surface area contributed by atoms with E-state index in [1.54, 1.807) is 38.7 Å². The third-order valence-electron chi connectivity index (χ3n) is 2.61. The van der Waals surface area contributed by atoms with E-state index < -0.39 is 0 Å². The smallest absolute Gasteiger partial charge is 0.251 e. The molecule has 0 aliphatic heterocycles. The van der Waals surface area contributed by atoms with E-state index in [9.17, 15) is 4.79 Å². The quantitative estimate of drug-likeness (QED) is 0.821. The van der Waals surface area contributed by atoms with Crippen LogP contribution in [-0.4, -0.2) is 33.3 Å². The Balaban J connectivity index is 2.24. The van der Waals surface area contributed by atoms with Gasteiger partial charge in [-0.15, -0.1) is 0 Å². The Morgan fingerprint density at radius 1 is 1.39 bits per heavy atom. The molecule has 96 valence electrons. The van der Waals surface area contributed by atoms with Crippen molar-refractivity contribution in [3.05, 3.63) is 30.0 Å². The highest BCUT2D eigenvalue weighted by atomic mass is 16.5. The summed E-state index contributed by atoms with van der Waals surface area (Å²) in [6.07, 6.45) is 1.57. The minimum Gasteiger partial charge on any atom is -0.496 e. The van der Waals surface area contributed by atoms with Crippen LogP contribution in [0.15, 0.2) is 28.9 Å². The van der Waals surface area contributed by atoms with E-state index in [0.717, 1.165) is 5.39 Å². The van der Waals surface area contributed by atoms with Gasteiger partial charge in [0.05, 0.1) is 25.4 Å². The maximum atomic E-state index is 11.9. The highest BCUT2D eigenvalue weighted by Gasteiger charge is 2.12. The monoisotopic (exact) mass is 249 g/mol. The minimum absolute atomic E-state index is 0.177. The predicted octanol–water partition coefficient (Wildman–Crippen LogP) is 1.82.